The Labute approximate surface area is 157 Å². The summed E-state index contributed by atoms with van der Waals surface area (Å²) < 4.78 is 23.2. The minimum atomic E-state index is -0.306. The van der Waals surface area contributed by atoms with Crippen LogP contribution in [-0.4, -0.2) is 42.5 Å². The molecule has 1 aromatic carbocycles. The van der Waals surface area contributed by atoms with E-state index in [1.165, 1.54) is 24.7 Å². The van der Waals surface area contributed by atoms with Crippen molar-refractivity contribution in [2.75, 3.05) is 19.7 Å². The predicted molar refractivity (Wildman–Crippen MR) is 96.9 cm³/mol. The molecule has 2 heterocycles. The molecule has 0 bridgehead atoms. The van der Waals surface area contributed by atoms with Gasteiger partial charge in [-0.05, 0) is 49.6 Å². The Morgan fingerprint density at radius 2 is 1.93 bits per heavy atom. The zero-order valence-electron chi connectivity index (χ0n) is 15.0. The van der Waals surface area contributed by atoms with Crippen molar-refractivity contribution in [1.82, 2.24) is 10.2 Å². The number of rotatable bonds is 7. The molecule has 27 heavy (non-hydrogen) atoms. The van der Waals surface area contributed by atoms with Gasteiger partial charge < -0.3 is 19.4 Å². The Balaban J connectivity index is 1.31. The largest absolute Gasteiger partial charge is 0.494 e. The van der Waals surface area contributed by atoms with Gasteiger partial charge in [-0.25, -0.2) is 4.39 Å². The number of nitrogens with zero attached hydrogens (tertiary/aromatic N) is 1. The molecule has 1 saturated heterocycles. The van der Waals surface area contributed by atoms with Crippen LogP contribution in [0.15, 0.2) is 47.3 Å². The van der Waals surface area contributed by atoms with Crippen LogP contribution in [0.1, 0.15) is 36.0 Å². The molecule has 0 atom stereocenters. The van der Waals surface area contributed by atoms with Gasteiger partial charge in [0, 0.05) is 25.6 Å². The summed E-state index contributed by atoms with van der Waals surface area (Å²) in [6, 6.07) is 7.55. The first kappa shape index (κ1) is 18.9. The monoisotopic (exact) mass is 374 g/mol. The van der Waals surface area contributed by atoms with E-state index in [1.807, 2.05) is 0 Å². The second kappa shape index (κ2) is 9.21. The number of hydrogen-bond acceptors (Lipinski definition) is 4. The van der Waals surface area contributed by atoms with Gasteiger partial charge in [-0.1, -0.05) is 0 Å². The molecule has 3 rings (SSSR count). The lowest BCUT2D eigenvalue weighted by Gasteiger charge is -2.32. The number of nitrogens with one attached hydrogen (secondary N) is 1. The van der Waals surface area contributed by atoms with Gasteiger partial charge in [-0.2, -0.15) is 0 Å². The summed E-state index contributed by atoms with van der Waals surface area (Å²) in [5.74, 6) is 0.231. The number of hydrogen-bond donors (Lipinski definition) is 1. The summed E-state index contributed by atoms with van der Waals surface area (Å²) in [5, 5.41) is 3.02. The molecule has 1 aromatic heterocycles. The molecule has 0 aliphatic carbocycles. The van der Waals surface area contributed by atoms with E-state index in [0.717, 1.165) is 12.8 Å². The van der Waals surface area contributed by atoms with Crippen LogP contribution >= 0.6 is 0 Å². The lowest BCUT2D eigenvalue weighted by atomic mass is 10.0. The molecule has 2 aromatic rings. The zero-order valence-corrected chi connectivity index (χ0v) is 15.0. The van der Waals surface area contributed by atoms with Crippen LogP contribution in [0.2, 0.25) is 0 Å². The summed E-state index contributed by atoms with van der Waals surface area (Å²) in [6.45, 7) is 1.63. The van der Waals surface area contributed by atoms with Gasteiger partial charge in [-0.3, -0.25) is 9.59 Å². The first-order valence-electron chi connectivity index (χ1n) is 9.11. The molecule has 0 saturated carbocycles. The van der Waals surface area contributed by atoms with Crippen molar-refractivity contribution in [1.29, 1.82) is 0 Å². The van der Waals surface area contributed by atoms with Crippen molar-refractivity contribution in [3.8, 4) is 5.75 Å². The lowest BCUT2D eigenvalue weighted by molar-refractivity contribution is -0.122. The molecule has 2 amide bonds. The number of carbonyl (C=O) groups excluding carboxylic acids is 2. The lowest BCUT2D eigenvalue weighted by Crippen LogP contribution is -2.46. The molecule has 0 spiro atoms. The molecule has 1 N–H and O–H groups in total. The number of benzene rings is 1. The van der Waals surface area contributed by atoms with Crippen LogP contribution in [0.3, 0.4) is 0 Å². The Hall–Kier alpha value is -2.83. The zero-order chi connectivity index (χ0) is 19.1. The summed E-state index contributed by atoms with van der Waals surface area (Å²) >= 11 is 0. The highest BCUT2D eigenvalue weighted by atomic mass is 19.1. The Morgan fingerprint density at radius 1 is 1.19 bits per heavy atom. The highest BCUT2D eigenvalue weighted by molar-refractivity contribution is 5.93. The van der Waals surface area contributed by atoms with Gasteiger partial charge in [0.2, 0.25) is 5.91 Å². The third-order valence-corrected chi connectivity index (χ3v) is 4.55. The average Bonchev–Trinajstić information content (AvgIpc) is 3.21. The van der Waals surface area contributed by atoms with Gasteiger partial charge in [0.25, 0.3) is 5.91 Å². The molecule has 0 unspecified atom stereocenters. The molecular formula is C20H23FN2O4. The highest BCUT2D eigenvalue weighted by Crippen LogP contribution is 2.15. The van der Waals surface area contributed by atoms with Crippen molar-refractivity contribution in [2.24, 2.45) is 0 Å². The van der Waals surface area contributed by atoms with E-state index in [0.29, 0.717) is 43.9 Å². The summed E-state index contributed by atoms with van der Waals surface area (Å²) in [4.78, 5) is 26.1. The van der Waals surface area contributed by atoms with Crippen LogP contribution in [0.4, 0.5) is 4.39 Å². The Kier molecular flexibility index (Phi) is 6.46. The number of furan rings is 1. The molecule has 1 fully saturated rings. The normalized spacial score (nSPS) is 14.8. The predicted octanol–water partition coefficient (Wildman–Crippen LogP) is 3.00. The number of amides is 2. The van der Waals surface area contributed by atoms with Gasteiger partial charge in [-0.15, -0.1) is 0 Å². The average molecular weight is 374 g/mol. The molecule has 0 radical (unpaired) electrons. The first-order valence-corrected chi connectivity index (χ1v) is 9.11. The van der Waals surface area contributed by atoms with E-state index in [2.05, 4.69) is 5.32 Å². The van der Waals surface area contributed by atoms with E-state index >= 15 is 0 Å². The summed E-state index contributed by atoms with van der Waals surface area (Å²) in [7, 11) is 0. The minimum absolute atomic E-state index is 0.0164. The Bertz CT molecular complexity index is 738. The highest BCUT2D eigenvalue weighted by Gasteiger charge is 2.24. The van der Waals surface area contributed by atoms with Crippen LogP contribution in [0.25, 0.3) is 0 Å². The van der Waals surface area contributed by atoms with E-state index in [-0.39, 0.29) is 23.7 Å². The fraction of sp³-hybridized carbons (Fsp3) is 0.400. The number of carbonyl (C=O) groups is 2. The second-order valence-corrected chi connectivity index (χ2v) is 6.55. The molecular weight excluding hydrogens is 351 g/mol. The second-order valence-electron chi connectivity index (χ2n) is 6.55. The topological polar surface area (TPSA) is 71.8 Å². The van der Waals surface area contributed by atoms with Crippen LogP contribution < -0.4 is 10.1 Å². The fourth-order valence-corrected chi connectivity index (χ4v) is 3.05. The maximum Gasteiger partial charge on any atom is 0.257 e. The fourth-order valence-electron chi connectivity index (χ4n) is 3.05. The van der Waals surface area contributed by atoms with E-state index < -0.39 is 0 Å². The van der Waals surface area contributed by atoms with Gasteiger partial charge >= 0.3 is 0 Å². The maximum absolute atomic E-state index is 12.8. The number of ether oxygens (including phenoxy) is 1. The molecule has 1 aliphatic heterocycles. The van der Waals surface area contributed by atoms with Gasteiger partial charge in [0.05, 0.1) is 18.4 Å². The van der Waals surface area contributed by atoms with Crippen LogP contribution in [0, 0.1) is 5.82 Å². The quantitative estimate of drug-likeness (QED) is 0.757. The third kappa shape index (κ3) is 5.57. The first-order chi connectivity index (χ1) is 13.1. The van der Waals surface area contributed by atoms with Crippen LogP contribution in [0.5, 0.6) is 5.75 Å². The third-order valence-electron chi connectivity index (χ3n) is 4.55. The molecule has 1 aliphatic rings. The van der Waals surface area contributed by atoms with Gasteiger partial charge in [0.1, 0.15) is 17.8 Å². The van der Waals surface area contributed by atoms with E-state index in [9.17, 15) is 14.0 Å². The SMILES string of the molecule is O=C(CCCOc1ccc(F)cc1)NC1CCN(C(=O)c2ccoc2)CC1. The minimum Gasteiger partial charge on any atom is -0.494 e. The van der Waals surface area contributed by atoms with E-state index in [4.69, 9.17) is 9.15 Å². The van der Waals surface area contributed by atoms with Crippen LogP contribution in [-0.2, 0) is 4.79 Å². The summed E-state index contributed by atoms with van der Waals surface area (Å²) in [5.41, 5.74) is 0.554. The van der Waals surface area contributed by atoms with Crippen molar-refractivity contribution < 1.29 is 23.1 Å². The molecule has 144 valence electrons. The Morgan fingerprint density at radius 3 is 2.59 bits per heavy atom. The van der Waals surface area contributed by atoms with Crippen molar-refractivity contribution in [2.45, 2.75) is 31.7 Å². The number of halogens is 1. The van der Waals surface area contributed by atoms with Gasteiger partial charge in [0.15, 0.2) is 0 Å². The summed E-state index contributed by atoms with van der Waals surface area (Å²) in [6.07, 6.45) is 5.36. The smallest absolute Gasteiger partial charge is 0.257 e. The number of likely N-dealkylation sites (tertiary alicyclic amines) is 1. The van der Waals surface area contributed by atoms with Crippen molar-refractivity contribution in [3.05, 3.63) is 54.2 Å². The number of piperidine rings is 1. The van der Waals surface area contributed by atoms with Crippen molar-refractivity contribution in [3.63, 3.8) is 0 Å². The maximum atomic E-state index is 12.8. The van der Waals surface area contributed by atoms with Crippen molar-refractivity contribution >= 4 is 11.8 Å². The standard InChI is InChI=1S/C20H23FN2O4/c21-16-3-5-18(6-4-16)27-12-1-2-19(24)22-17-7-10-23(11-8-17)20(25)15-9-13-26-14-15/h3-6,9,13-14,17H,1-2,7-8,10-12H2,(H,22,24). The molecule has 7 heteroatoms. The van der Waals surface area contributed by atoms with E-state index in [1.54, 1.807) is 23.1 Å². The molecule has 6 nitrogen and oxygen atoms in total.